The number of hydrogen-bond acceptors (Lipinski definition) is 4. The number of hydrogen-bond donors (Lipinski definition) is 0. The first-order chi connectivity index (χ1) is 14.6. The largest absolute Gasteiger partial charge is 0.497 e. The molecule has 0 spiro atoms. The molecule has 0 aromatic heterocycles. The lowest BCUT2D eigenvalue weighted by Gasteiger charge is -2.33. The molecule has 3 rings (SSSR count). The van der Waals surface area contributed by atoms with E-state index in [1.807, 2.05) is 12.1 Å². The highest BCUT2D eigenvalue weighted by molar-refractivity contribution is 7.48. The van der Waals surface area contributed by atoms with E-state index in [0.29, 0.717) is 8.58 Å². The van der Waals surface area contributed by atoms with E-state index in [0.717, 1.165) is 24.5 Å². The van der Waals surface area contributed by atoms with E-state index in [9.17, 15) is 0 Å². The number of benzene rings is 2. The molecule has 0 N–H and O–H groups in total. The van der Waals surface area contributed by atoms with Gasteiger partial charge >= 0.3 is 0 Å². The summed E-state index contributed by atoms with van der Waals surface area (Å²) in [6.45, 7) is 8.33. The van der Waals surface area contributed by atoms with Crippen molar-refractivity contribution in [3.05, 3.63) is 53.6 Å². The maximum atomic E-state index is 5.94. The van der Waals surface area contributed by atoms with Crippen LogP contribution in [-0.2, 0) is 16.4 Å². The van der Waals surface area contributed by atoms with Crippen LogP contribution in [0.2, 0.25) is 0 Å². The van der Waals surface area contributed by atoms with Crippen molar-refractivity contribution in [2.24, 2.45) is 0 Å². The molecule has 0 aliphatic carbocycles. The molecule has 1 aliphatic heterocycles. The van der Waals surface area contributed by atoms with Crippen molar-refractivity contribution in [1.82, 2.24) is 4.90 Å². The molecule has 0 saturated carbocycles. The lowest BCUT2D eigenvalue weighted by molar-refractivity contribution is 0.0500. The Labute approximate surface area is 183 Å². The molecule has 164 valence electrons. The van der Waals surface area contributed by atoms with Crippen LogP contribution in [0.5, 0.6) is 11.5 Å². The van der Waals surface area contributed by atoms with Crippen LogP contribution in [0.3, 0.4) is 0 Å². The minimum Gasteiger partial charge on any atom is -0.497 e. The molecule has 1 fully saturated rings. The molecule has 1 aliphatic rings. The van der Waals surface area contributed by atoms with Crippen molar-refractivity contribution >= 4 is 13.9 Å². The van der Waals surface area contributed by atoms with Gasteiger partial charge in [0.05, 0.1) is 7.11 Å². The third-order valence-electron chi connectivity index (χ3n) is 6.09. The van der Waals surface area contributed by atoms with Gasteiger partial charge in [-0.25, -0.2) is 0 Å². The quantitative estimate of drug-likeness (QED) is 0.379. The molecule has 0 amide bonds. The molecule has 1 saturated heterocycles. The fraction of sp³-hybridized carbons (Fsp3) is 0.520. The number of ether oxygens (including phenoxy) is 3. The normalized spacial score (nSPS) is 17.2. The summed E-state index contributed by atoms with van der Waals surface area (Å²) < 4.78 is 16.6. The van der Waals surface area contributed by atoms with E-state index in [4.69, 9.17) is 14.2 Å². The molecule has 0 radical (unpaired) electrons. The van der Waals surface area contributed by atoms with Crippen molar-refractivity contribution in [1.29, 1.82) is 0 Å². The molecular weight excluding hydrogens is 393 g/mol. The summed E-state index contributed by atoms with van der Waals surface area (Å²) in [5.74, 6) is 1.74. The van der Waals surface area contributed by atoms with Crippen LogP contribution in [0, 0.1) is 0 Å². The van der Waals surface area contributed by atoms with Crippen LogP contribution in [0.1, 0.15) is 50.7 Å². The maximum absolute atomic E-state index is 5.94. The minimum atomic E-state index is -0.0460. The van der Waals surface area contributed by atoms with Crippen LogP contribution in [0.4, 0.5) is 0 Å². The lowest BCUT2D eigenvalue weighted by Crippen LogP contribution is -2.31. The number of methoxy groups -OCH3 is 2. The Morgan fingerprint density at radius 3 is 2.50 bits per heavy atom. The molecule has 30 heavy (non-hydrogen) atoms. The third kappa shape index (κ3) is 5.75. The van der Waals surface area contributed by atoms with Crippen LogP contribution < -0.4 is 14.8 Å². The van der Waals surface area contributed by atoms with Gasteiger partial charge in [-0.05, 0) is 61.4 Å². The highest BCUT2D eigenvalue weighted by atomic mass is 31.1. The highest BCUT2D eigenvalue weighted by Gasteiger charge is 2.30. The first-order valence-corrected chi connectivity index (χ1v) is 12.0. The van der Waals surface area contributed by atoms with Gasteiger partial charge in [-0.1, -0.05) is 53.1 Å². The zero-order valence-corrected chi connectivity index (χ0v) is 19.9. The van der Waals surface area contributed by atoms with Crippen molar-refractivity contribution in [3.8, 4) is 11.5 Å². The minimum absolute atomic E-state index is 0.0460. The van der Waals surface area contributed by atoms with Crippen molar-refractivity contribution in [3.63, 3.8) is 0 Å². The summed E-state index contributed by atoms with van der Waals surface area (Å²) in [4.78, 5) is 2.61. The summed E-state index contributed by atoms with van der Waals surface area (Å²) in [6, 6.07) is 15.1. The average molecular weight is 430 g/mol. The highest BCUT2D eigenvalue weighted by Crippen LogP contribution is 2.48. The van der Waals surface area contributed by atoms with E-state index >= 15 is 0 Å². The van der Waals surface area contributed by atoms with E-state index < -0.39 is 0 Å². The molecule has 5 heteroatoms. The van der Waals surface area contributed by atoms with Gasteiger partial charge in [0.1, 0.15) is 11.5 Å². The van der Waals surface area contributed by atoms with Gasteiger partial charge in [-0.15, -0.1) is 0 Å². The Hall–Kier alpha value is -1.61. The van der Waals surface area contributed by atoms with Crippen molar-refractivity contribution < 1.29 is 14.2 Å². The third-order valence-corrected chi connectivity index (χ3v) is 8.02. The fourth-order valence-corrected chi connectivity index (χ4v) is 5.70. The first kappa shape index (κ1) is 23.1. The second-order valence-electron chi connectivity index (χ2n) is 8.22. The first-order valence-electron chi connectivity index (χ1n) is 11.0. The molecule has 4 nitrogen and oxygen atoms in total. The average Bonchev–Trinajstić information content (AvgIpc) is 2.79. The summed E-state index contributed by atoms with van der Waals surface area (Å²) in [5, 5.41) is 1.41. The van der Waals surface area contributed by atoms with Crippen molar-refractivity contribution in [2.75, 3.05) is 34.1 Å². The van der Waals surface area contributed by atoms with Gasteiger partial charge in [0, 0.05) is 24.4 Å². The molecule has 1 heterocycles. The maximum Gasteiger partial charge on any atom is 0.188 e. The summed E-state index contributed by atoms with van der Waals surface area (Å²) in [7, 11) is 4.01. The molecule has 2 aromatic carbocycles. The van der Waals surface area contributed by atoms with Gasteiger partial charge in [-0.3, -0.25) is 4.90 Å². The van der Waals surface area contributed by atoms with Crippen LogP contribution >= 0.6 is 8.58 Å². The Morgan fingerprint density at radius 1 is 1.03 bits per heavy atom. The molecule has 2 atom stereocenters. The standard InChI is InChI=1S/C25H36NO3P/c1-5-25(2,22-17-21(28-4)13-14-23(22)29-19-27-3)30-24-12-8-7-11-20(24)18-26-15-9-6-10-16-26/h7-8,11-14,17,30H,5-6,9-10,15-16,18-19H2,1-4H3. The number of nitrogens with zero attached hydrogens (tertiary/aromatic N) is 1. The second-order valence-corrected chi connectivity index (χ2v) is 10.1. The van der Waals surface area contributed by atoms with E-state index in [1.165, 1.54) is 48.8 Å². The topological polar surface area (TPSA) is 30.9 Å². The fourth-order valence-electron chi connectivity index (χ4n) is 4.10. The Kier molecular flexibility index (Phi) is 8.56. The SMILES string of the molecule is CCC(C)(Pc1ccccc1CN1CCCCC1)c1cc(OC)ccc1OCOC. The van der Waals surface area contributed by atoms with Crippen molar-refractivity contribution in [2.45, 2.75) is 51.2 Å². The van der Waals surface area contributed by atoms with Crippen LogP contribution in [0.15, 0.2) is 42.5 Å². The van der Waals surface area contributed by atoms with Gasteiger partial charge in [0.25, 0.3) is 0 Å². The predicted molar refractivity (Wildman–Crippen MR) is 127 cm³/mol. The van der Waals surface area contributed by atoms with Crippen LogP contribution in [-0.4, -0.2) is 39.0 Å². The monoisotopic (exact) mass is 429 g/mol. The predicted octanol–water partition coefficient (Wildman–Crippen LogP) is 5.29. The number of likely N-dealkylation sites (tertiary alicyclic amines) is 1. The summed E-state index contributed by atoms with van der Waals surface area (Å²) in [6.07, 6.45) is 5.02. The summed E-state index contributed by atoms with van der Waals surface area (Å²) in [5.41, 5.74) is 2.65. The number of piperidine rings is 1. The smallest absolute Gasteiger partial charge is 0.188 e. The van der Waals surface area contributed by atoms with E-state index in [1.54, 1.807) is 14.2 Å². The zero-order valence-electron chi connectivity index (χ0n) is 18.9. The van der Waals surface area contributed by atoms with Gasteiger partial charge in [0.15, 0.2) is 6.79 Å². The lowest BCUT2D eigenvalue weighted by atomic mass is 9.96. The van der Waals surface area contributed by atoms with E-state index in [-0.39, 0.29) is 11.9 Å². The Bertz CT molecular complexity index is 807. The number of rotatable bonds is 10. The second kappa shape index (κ2) is 11.1. The molecule has 2 aromatic rings. The summed E-state index contributed by atoms with van der Waals surface area (Å²) >= 11 is 0. The Balaban J connectivity index is 1.90. The van der Waals surface area contributed by atoms with E-state index in [2.05, 4.69) is 49.1 Å². The molecular formula is C25H36NO3P. The Morgan fingerprint density at radius 2 is 1.80 bits per heavy atom. The van der Waals surface area contributed by atoms with Gasteiger partial charge < -0.3 is 14.2 Å². The van der Waals surface area contributed by atoms with Gasteiger partial charge in [0.2, 0.25) is 0 Å². The molecule has 0 bridgehead atoms. The zero-order chi connectivity index (χ0) is 21.4. The van der Waals surface area contributed by atoms with Crippen LogP contribution in [0.25, 0.3) is 0 Å². The molecule has 2 unspecified atom stereocenters. The van der Waals surface area contributed by atoms with Gasteiger partial charge in [-0.2, -0.15) is 0 Å².